The standard InChI is InChI=1S/C20H20N4O2S/c1-24(2)16-10-8-14(9-11-16)13-21-23-20-22-19(26)18(27-20)12-17(25)15-6-4-3-5-7-15/h3-11,13,18H,12H2,1-2H3,(H,22,23,26)/b21-13-. The first-order valence-electron chi connectivity index (χ1n) is 8.47. The van der Waals surface area contributed by atoms with Crippen molar-refractivity contribution in [1.29, 1.82) is 0 Å². The van der Waals surface area contributed by atoms with E-state index < -0.39 is 5.25 Å². The third-order valence-corrected chi connectivity index (χ3v) is 5.08. The number of nitrogens with zero attached hydrogens (tertiary/aromatic N) is 3. The summed E-state index contributed by atoms with van der Waals surface area (Å²) < 4.78 is 0. The van der Waals surface area contributed by atoms with Gasteiger partial charge in [0.2, 0.25) is 5.91 Å². The van der Waals surface area contributed by atoms with E-state index in [1.165, 1.54) is 11.8 Å². The summed E-state index contributed by atoms with van der Waals surface area (Å²) in [5, 5.41) is 10.7. The van der Waals surface area contributed by atoms with Gasteiger partial charge in [-0.2, -0.15) is 5.10 Å². The van der Waals surface area contributed by atoms with Crippen molar-refractivity contribution >= 4 is 40.5 Å². The number of benzene rings is 2. The Balaban J connectivity index is 1.58. The van der Waals surface area contributed by atoms with Crippen LogP contribution >= 0.6 is 11.8 Å². The Morgan fingerprint density at radius 2 is 1.85 bits per heavy atom. The molecule has 1 aliphatic rings. The van der Waals surface area contributed by atoms with Crippen LogP contribution in [0.15, 0.2) is 64.8 Å². The van der Waals surface area contributed by atoms with Gasteiger partial charge in [0, 0.05) is 31.8 Å². The topological polar surface area (TPSA) is 74.1 Å². The number of rotatable bonds is 6. The zero-order valence-electron chi connectivity index (χ0n) is 15.1. The van der Waals surface area contributed by atoms with Crippen LogP contribution in [-0.2, 0) is 4.79 Å². The number of Topliss-reactive ketones (excluding diaryl/α,β-unsaturated/α-hetero) is 1. The summed E-state index contributed by atoms with van der Waals surface area (Å²) in [6, 6.07) is 16.8. The second-order valence-electron chi connectivity index (χ2n) is 6.22. The van der Waals surface area contributed by atoms with Gasteiger partial charge < -0.3 is 10.2 Å². The van der Waals surface area contributed by atoms with E-state index >= 15 is 0 Å². The molecule has 2 aromatic rings. The second-order valence-corrected chi connectivity index (χ2v) is 7.42. The van der Waals surface area contributed by atoms with E-state index in [9.17, 15) is 9.59 Å². The second kappa shape index (κ2) is 8.64. The van der Waals surface area contributed by atoms with Crippen LogP contribution in [0, 0.1) is 0 Å². The predicted octanol–water partition coefficient (Wildman–Crippen LogP) is 2.95. The van der Waals surface area contributed by atoms with Gasteiger partial charge in [-0.15, -0.1) is 5.10 Å². The number of ketones is 1. The van der Waals surface area contributed by atoms with E-state index in [1.54, 1.807) is 18.3 Å². The molecule has 27 heavy (non-hydrogen) atoms. The van der Waals surface area contributed by atoms with E-state index in [0.29, 0.717) is 10.7 Å². The van der Waals surface area contributed by atoms with E-state index in [2.05, 4.69) is 15.5 Å². The van der Waals surface area contributed by atoms with Crippen molar-refractivity contribution in [2.75, 3.05) is 19.0 Å². The van der Waals surface area contributed by atoms with Crippen LogP contribution in [0.2, 0.25) is 0 Å². The van der Waals surface area contributed by atoms with E-state index in [0.717, 1.165) is 11.3 Å². The molecule has 7 heteroatoms. The molecule has 1 atom stereocenters. The molecule has 2 aromatic carbocycles. The molecule has 3 rings (SSSR count). The molecule has 1 saturated heterocycles. The Hall–Kier alpha value is -2.93. The number of hydrogen-bond donors (Lipinski definition) is 1. The largest absolute Gasteiger partial charge is 0.378 e. The van der Waals surface area contributed by atoms with Crippen molar-refractivity contribution in [3.05, 3.63) is 65.7 Å². The highest BCUT2D eigenvalue weighted by atomic mass is 32.2. The molecule has 1 fully saturated rings. The molecule has 0 saturated carbocycles. The number of hydrogen-bond acceptors (Lipinski definition) is 6. The first-order chi connectivity index (χ1) is 13.0. The summed E-state index contributed by atoms with van der Waals surface area (Å²) in [5.74, 6) is -0.275. The lowest BCUT2D eigenvalue weighted by Gasteiger charge is -2.11. The molecule has 0 bridgehead atoms. The number of amidine groups is 1. The number of anilines is 1. The molecule has 6 nitrogen and oxygen atoms in total. The minimum absolute atomic E-state index is 0.0611. The van der Waals surface area contributed by atoms with Crippen LogP contribution in [0.5, 0.6) is 0 Å². The molecule has 1 amide bonds. The van der Waals surface area contributed by atoms with Gasteiger partial charge >= 0.3 is 0 Å². The third kappa shape index (κ3) is 5.04. The molecule has 1 aliphatic heterocycles. The van der Waals surface area contributed by atoms with Crippen LogP contribution in [0.3, 0.4) is 0 Å². The lowest BCUT2D eigenvalue weighted by atomic mass is 10.1. The summed E-state index contributed by atoms with van der Waals surface area (Å²) in [6.07, 6.45) is 1.76. The molecule has 1 N–H and O–H groups in total. The molecule has 0 aromatic heterocycles. The van der Waals surface area contributed by atoms with Crippen molar-refractivity contribution in [2.45, 2.75) is 11.7 Å². The Bertz CT molecular complexity index is 877. The highest BCUT2D eigenvalue weighted by Crippen LogP contribution is 2.24. The van der Waals surface area contributed by atoms with Gasteiger partial charge in [-0.3, -0.25) is 9.59 Å². The number of carbonyl (C=O) groups excluding carboxylic acids is 2. The Labute approximate surface area is 162 Å². The first kappa shape index (κ1) is 18.8. The minimum atomic E-state index is -0.481. The quantitative estimate of drug-likeness (QED) is 0.475. The summed E-state index contributed by atoms with van der Waals surface area (Å²) in [7, 11) is 3.96. The van der Waals surface area contributed by atoms with Crippen LogP contribution in [0.4, 0.5) is 5.69 Å². The summed E-state index contributed by atoms with van der Waals surface area (Å²) >= 11 is 1.23. The number of carbonyl (C=O) groups is 2. The molecule has 138 valence electrons. The number of nitrogens with one attached hydrogen (secondary N) is 1. The molecular formula is C20H20N4O2S. The van der Waals surface area contributed by atoms with Crippen LogP contribution < -0.4 is 10.2 Å². The number of thioether (sulfide) groups is 1. The summed E-state index contributed by atoms with van der Waals surface area (Å²) in [5.41, 5.74) is 2.62. The van der Waals surface area contributed by atoms with Crippen LogP contribution in [0.25, 0.3) is 0 Å². The third-order valence-electron chi connectivity index (χ3n) is 4.01. The molecule has 0 radical (unpaired) electrons. The maximum Gasteiger partial charge on any atom is 0.240 e. The fourth-order valence-electron chi connectivity index (χ4n) is 2.50. The summed E-state index contributed by atoms with van der Waals surface area (Å²) in [4.78, 5) is 26.3. The number of amides is 1. The predicted molar refractivity (Wildman–Crippen MR) is 111 cm³/mol. The van der Waals surface area contributed by atoms with Gasteiger partial charge in [-0.05, 0) is 17.7 Å². The SMILES string of the molecule is CN(C)c1ccc(/C=N\N=C2/NC(=O)C(CC(=O)c3ccccc3)S2)cc1. The van der Waals surface area contributed by atoms with Gasteiger partial charge in [0.25, 0.3) is 0 Å². The zero-order valence-corrected chi connectivity index (χ0v) is 15.9. The maximum atomic E-state index is 12.3. The molecule has 0 spiro atoms. The Morgan fingerprint density at radius 3 is 2.52 bits per heavy atom. The van der Waals surface area contributed by atoms with E-state index in [1.807, 2.05) is 61.5 Å². The minimum Gasteiger partial charge on any atom is -0.378 e. The van der Waals surface area contributed by atoms with Crippen molar-refractivity contribution in [3.63, 3.8) is 0 Å². The van der Waals surface area contributed by atoms with Crippen molar-refractivity contribution in [2.24, 2.45) is 10.2 Å². The van der Waals surface area contributed by atoms with Gasteiger partial charge in [0.1, 0.15) is 0 Å². The Kier molecular flexibility index (Phi) is 6.03. The fourth-order valence-corrected chi connectivity index (χ4v) is 3.43. The van der Waals surface area contributed by atoms with Crippen molar-refractivity contribution < 1.29 is 9.59 Å². The normalized spacial score (nSPS) is 18.1. The van der Waals surface area contributed by atoms with E-state index in [-0.39, 0.29) is 18.1 Å². The highest BCUT2D eigenvalue weighted by Gasteiger charge is 2.32. The van der Waals surface area contributed by atoms with Gasteiger partial charge in [-0.25, -0.2) is 0 Å². The van der Waals surface area contributed by atoms with E-state index in [4.69, 9.17) is 0 Å². The monoisotopic (exact) mass is 380 g/mol. The Morgan fingerprint density at radius 1 is 1.15 bits per heavy atom. The van der Waals surface area contributed by atoms with Crippen molar-refractivity contribution in [1.82, 2.24) is 5.32 Å². The fraction of sp³-hybridized carbons (Fsp3) is 0.200. The lowest BCUT2D eigenvalue weighted by Crippen LogP contribution is -2.26. The van der Waals surface area contributed by atoms with Crippen LogP contribution in [0.1, 0.15) is 22.3 Å². The lowest BCUT2D eigenvalue weighted by molar-refractivity contribution is -0.118. The molecule has 1 unspecified atom stereocenters. The maximum absolute atomic E-state index is 12.3. The summed E-state index contributed by atoms with van der Waals surface area (Å²) in [6.45, 7) is 0. The van der Waals surface area contributed by atoms with Gasteiger partial charge in [-0.1, -0.05) is 54.2 Å². The zero-order chi connectivity index (χ0) is 19.2. The smallest absolute Gasteiger partial charge is 0.240 e. The van der Waals surface area contributed by atoms with Crippen LogP contribution in [-0.4, -0.2) is 42.4 Å². The average Bonchev–Trinajstić information content (AvgIpc) is 3.02. The first-order valence-corrected chi connectivity index (χ1v) is 9.35. The van der Waals surface area contributed by atoms with Gasteiger partial charge in [0.05, 0.1) is 11.5 Å². The molecular weight excluding hydrogens is 360 g/mol. The average molecular weight is 380 g/mol. The van der Waals surface area contributed by atoms with Crippen molar-refractivity contribution in [3.8, 4) is 0 Å². The molecule has 1 heterocycles. The highest BCUT2D eigenvalue weighted by molar-refractivity contribution is 8.15. The molecule has 0 aliphatic carbocycles. The van der Waals surface area contributed by atoms with Gasteiger partial charge in [0.15, 0.2) is 11.0 Å².